The van der Waals surface area contributed by atoms with Crippen molar-refractivity contribution < 1.29 is 14.3 Å². The van der Waals surface area contributed by atoms with Crippen molar-refractivity contribution in [2.75, 3.05) is 7.11 Å². The number of benzene rings is 2. The molecule has 4 rings (SSSR count). The summed E-state index contributed by atoms with van der Waals surface area (Å²) in [4.78, 5) is 16.8. The molecule has 3 aromatic rings. The van der Waals surface area contributed by atoms with Crippen LogP contribution in [0.5, 0.6) is 11.5 Å². The van der Waals surface area contributed by atoms with Crippen LogP contribution in [0.15, 0.2) is 49.1 Å². The van der Waals surface area contributed by atoms with Gasteiger partial charge in [0, 0.05) is 5.56 Å². The van der Waals surface area contributed by atoms with E-state index in [4.69, 9.17) is 9.47 Å². The zero-order chi connectivity index (χ0) is 21.8. The van der Waals surface area contributed by atoms with Crippen molar-refractivity contribution in [1.82, 2.24) is 20.1 Å². The van der Waals surface area contributed by atoms with E-state index in [1.54, 1.807) is 24.2 Å². The van der Waals surface area contributed by atoms with Gasteiger partial charge in [-0.15, -0.1) is 0 Å². The summed E-state index contributed by atoms with van der Waals surface area (Å²) in [5.74, 6) is 1.32. The molecule has 1 atom stereocenters. The summed E-state index contributed by atoms with van der Waals surface area (Å²) >= 11 is 0. The second kappa shape index (κ2) is 9.20. The normalized spacial score (nSPS) is 14.9. The van der Waals surface area contributed by atoms with E-state index >= 15 is 0 Å². The van der Waals surface area contributed by atoms with Crippen molar-refractivity contribution in [1.29, 1.82) is 0 Å². The Morgan fingerprint density at radius 2 is 1.97 bits per heavy atom. The summed E-state index contributed by atoms with van der Waals surface area (Å²) in [7, 11) is 1.64. The highest BCUT2D eigenvalue weighted by Gasteiger charge is 2.20. The van der Waals surface area contributed by atoms with Gasteiger partial charge in [-0.05, 0) is 81.0 Å². The minimum absolute atomic E-state index is 0.133. The molecule has 1 unspecified atom stereocenters. The fraction of sp³-hybridized carbons (Fsp3) is 0.375. The van der Waals surface area contributed by atoms with Crippen LogP contribution in [0.4, 0.5) is 0 Å². The molecule has 1 aliphatic carbocycles. The molecule has 1 fully saturated rings. The van der Waals surface area contributed by atoms with E-state index in [1.165, 1.54) is 19.2 Å². The number of hydrogen-bond donors (Lipinski definition) is 1. The summed E-state index contributed by atoms with van der Waals surface area (Å²) in [5, 5.41) is 7.22. The third kappa shape index (κ3) is 4.71. The third-order valence-corrected chi connectivity index (χ3v) is 5.76. The molecule has 1 N–H and O–H groups in total. The molecule has 0 bridgehead atoms. The number of rotatable bonds is 7. The second-order valence-electron chi connectivity index (χ2n) is 7.97. The Morgan fingerprint density at radius 1 is 1.16 bits per heavy atom. The van der Waals surface area contributed by atoms with Gasteiger partial charge in [0.15, 0.2) is 11.5 Å². The molecule has 31 heavy (non-hydrogen) atoms. The van der Waals surface area contributed by atoms with Crippen molar-refractivity contribution in [2.45, 2.75) is 51.7 Å². The Labute approximate surface area is 182 Å². The summed E-state index contributed by atoms with van der Waals surface area (Å²) in [6.07, 6.45) is 8.00. The number of hydrogen-bond acceptors (Lipinski definition) is 5. The topological polar surface area (TPSA) is 78.3 Å². The lowest BCUT2D eigenvalue weighted by Gasteiger charge is -2.19. The molecule has 1 heterocycles. The minimum Gasteiger partial charge on any atom is -0.493 e. The first-order valence-corrected chi connectivity index (χ1v) is 10.7. The molecule has 0 saturated heterocycles. The molecule has 7 heteroatoms. The van der Waals surface area contributed by atoms with Crippen LogP contribution in [-0.2, 0) is 0 Å². The summed E-state index contributed by atoms with van der Waals surface area (Å²) in [6, 6.07) is 11.2. The summed E-state index contributed by atoms with van der Waals surface area (Å²) in [5.41, 5.74) is 3.40. The first kappa shape index (κ1) is 20.9. The smallest absolute Gasteiger partial charge is 0.251 e. The second-order valence-corrected chi connectivity index (χ2v) is 7.97. The minimum atomic E-state index is -0.183. The molecule has 162 valence electrons. The van der Waals surface area contributed by atoms with E-state index < -0.39 is 0 Å². The third-order valence-electron chi connectivity index (χ3n) is 5.76. The number of amides is 1. The van der Waals surface area contributed by atoms with Crippen LogP contribution in [0.3, 0.4) is 0 Å². The summed E-state index contributed by atoms with van der Waals surface area (Å²) < 4.78 is 13.3. The molecule has 2 aromatic carbocycles. The number of nitrogens with zero attached hydrogens (tertiary/aromatic N) is 3. The van der Waals surface area contributed by atoms with E-state index in [2.05, 4.69) is 15.4 Å². The van der Waals surface area contributed by atoms with Gasteiger partial charge in [-0.25, -0.2) is 9.67 Å². The molecule has 1 aromatic heterocycles. The van der Waals surface area contributed by atoms with Gasteiger partial charge in [-0.1, -0.05) is 6.07 Å². The number of carbonyl (C=O) groups excluding carboxylic acids is 1. The maximum Gasteiger partial charge on any atom is 0.251 e. The van der Waals surface area contributed by atoms with Gasteiger partial charge in [0.1, 0.15) is 12.7 Å². The zero-order valence-corrected chi connectivity index (χ0v) is 18.2. The zero-order valence-electron chi connectivity index (χ0n) is 18.2. The molecule has 1 aliphatic rings. The van der Waals surface area contributed by atoms with Gasteiger partial charge in [0.05, 0.1) is 24.9 Å². The molecule has 7 nitrogen and oxygen atoms in total. The van der Waals surface area contributed by atoms with E-state index in [1.807, 2.05) is 44.2 Å². The van der Waals surface area contributed by atoms with E-state index in [0.29, 0.717) is 11.3 Å². The molecule has 0 aliphatic heterocycles. The molecule has 1 amide bonds. The predicted octanol–water partition coefficient (Wildman–Crippen LogP) is 4.40. The van der Waals surface area contributed by atoms with Crippen LogP contribution in [0.1, 0.15) is 60.1 Å². The van der Waals surface area contributed by atoms with Crippen LogP contribution >= 0.6 is 0 Å². The van der Waals surface area contributed by atoms with Gasteiger partial charge < -0.3 is 14.8 Å². The maximum absolute atomic E-state index is 12.8. The number of carbonyl (C=O) groups is 1. The maximum atomic E-state index is 12.8. The number of aryl methyl sites for hydroxylation is 1. The fourth-order valence-corrected chi connectivity index (χ4v) is 3.99. The van der Waals surface area contributed by atoms with E-state index in [9.17, 15) is 4.79 Å². The highest BCUT2D eigenvalue weighted by Crippen LogP contribution is 2.33. The molecule has 1 saturated carbocycles. The van der Waals surface area contributed by atoms with Gasteiger partial charge in [-0.2, -0.15) is 5.10 Å². The van der Waals surface area contributed by atoms with Gasteiger partial charge in [0.25, 0.3) is 5.91 Å². The number of nitrogens with one attached hydrogen (secondary N) is 1. The lowest BCUT2D eigenvalue weighted by atomic mass is 10.1. The van der Waals surface area contributed by atoms with E-state index in [0.717, 1.165) is 35.4 Å². The lowest BCUT2D eigenvalue weighted by molar-refractivity contribution is 0.0939. The Hall–Kier alpha value is -3.35. The van der Waals surface area contributed by atoms with Crippen LogP contribution in [0.25, 0.3) is 5.69 Å². The average molecular weight is 421 g/mol. The van der Waals surface area contributed by atoms with Crippen molar-refractivity contribution >= 4 is 5.91 Å². The highest BCUT2D eigenvalue weighted by atomic mass is 16.5. The number of aromatic nitrogens is 3. The highest BCUT2D eigenvalue weighted by molar-refractivity contribution is 5.95. The van der Waals surface area contributed by atoms with Gasteiger partial charge in [0.2, 0.25) is 0 Å². The first-order valence-electron chi connectivity index (χ1n) is 10.7. The van der Waals surface area contributed by atoms with Crippen molar-refractivity contribution in [3.05, 3.63) is 65.7 Å². The molecular weight excluding hydrogens is 392 g/mol. The Balaban J connectivity index is 1.45. The van der Waals surface area contributed by atoms with Crippen molar-refractivity contribution in [2.24, 2.45) is 0 Å². The van der Waals surface area contributed by atoms with E-state index in [-0.39, 0.29) is 18.1 Å². The Bertz CT molecular complexity index is 1040. The quantitative estimate of drug-likeness (QED) is 0.613. The number of ether oxygens (including phenoxy) is 2. The lowest BCUT2D eigenvalue weighted by Crippen LogP contribution is -2.26. The van der Waals surface area contributed by atoms with Crippen LogP contribution in [0, 0.1) is 6.92 Å². The number of methoxy groups -OCH3 is 1. The Kier molecular flexibility index (Phi) is 6.21. The SMILES string of the molecule is COc1cc(C(C)NC(=O)c2ccc(-n3cncn3)c(C)c2)ccc1OC1CCCC1. The average Bonchev–Trinajstić information content (AvgIpc) is 3.48. The monoisotopic (exact) mass is 420 g/mol. The standard InChI is InChI=1S/C24H28N4O3/c1-16-12-19(8-10-21(16)28-15-25-14-26-28)24(29)27-17(2)18-9-11-22(23(13-18)30-3)31-20-6-4-5-7-20/h8-15,17,20H,4-7H2,1-3H3,(H,27,29). The molecular formula is C24H28N4O3. The fourth-order valence-electron chi connectivity index (χ4n) is 3.99. The van der Waals surface area contributed by atoms with Gasteiger partial charge in [-0.3, -0.25) is 4.79 Å². The van der Waals surface area contributed by atoms with Crippen LogP contribution in [-0.4, -0.2) is 33.9 Å². The molecule has 0 spiro atoms. The van der Waals surface area contributed by atoms with Crippen molar-refractivity contribution in [3.63, 3.8) is 0 Å². The summed E-state index contributed by atoms with van der Waals surface area (Å²) in [6.45, 7) is 3.91. The van der Waals surface area contributed by atoms with Gasteiger partial charge >= 0.3 is 0 Å². The van der Waals surface area contributed by atoms with Crippen LogP contribution in [0.2, 0.25) is 0 Å². The Morgan fingerprint density at radius 3 is 2.65 bits per heavy atom. The largest absolute Gasteiger partial charge is 0.493 e. The molecule has 0 radical (unpaired) electrons. The van der Waals surface area contributed by atoms with Crippen LogP contribution < -0.4 is 14.8 Å². The predicted molar refractivity (Wildman–Crippen MR) is 118 cm³/mol. The first-order chi connectivity index (χ1) is 15.0. The van der Waals surface area contributed by atoms with Crippen molar-refractivity contribution in [3.8, 4) is 17.2 Å².